The molecule has 0 saturated heterocycles. The first kappa shape index (κ1) is 25.4. The first-order valence-electron chi connectivity index (χ1n) is 10.2. The van der Waals surface area contributed by atoms with Crippen LogP contribution < -0.4 is 0 Å². The maximum atomic E-state index is 12.5. The van der Waals surface area contributed by atoms with Crippen molar-refractivity contribution < 1.29 is 38.5 Å². The highest BCUT2D eigenvalue weighted by Crippen LogP contribution is 2.17. The Bertz CT molecular complexity index is 1280. The molecule has 0 N–H and O–H groups in total. The second kappa shape index (κ2) is 11.2. The molecule has 0 atom stereocenters. The Kier molecular flexibility index (Phi) is 7.92. The van der Waals surface area contributed by atoms with Crippen LogP contribution in [0.5, 0.6) is 0 Å². The number of ether oxygens (including phenoxy) is 2. The number of nitrogens with zero attached hydrogens (tertiary/aromatic N) is 2. The summed E-state index contributed by atoms with van der Waals surface area (Å²) in [4.78, 5) is 70.0. The maximum Gasteiger partial charge on any atom is 0.339 e. The van der Waals surface area contributed by atoms with E-state index < -0.39 is 46.6 Å². The van der Waals surface area contributed by atoms with Crippen LogP contribution in [0.2, 0.25) is 0 Å². The monoisotopic (exact) mass is 492 g/mol. The van der Waals surface area contributed by atoms with Crippen molar-refractivity contribution in [2.24, 2.45) is 0 Å². The van der Waals surface area contributed by atoms with Gasteiger partial charge in [-0.25, -0.2) is 9.59 Å². The summed E-state index contributed by atoms with van der Waals surface area (Å²) < 4.78 is 9.94. The van der Waals surface area contributed by atoms with E-state index in [1.807, 2.05) is 0 Å². The topological polar surface area (TPSA) is 173 Å². The summed E-state index contributed by atoms with van der Waals surface area (Å²) in [6, 6.07) is 15.1. The average molecular weight is 492 g/mol. The van der Waals surface area contributed by atoms with Crippen LogP contribution >= 0.6 is 0 Å². The summed E-state index contributed by atoms with van der Waals surface area (Å²) in [5.41, 5.74) is -1.16. The predicted molar refractivity (Wildman–Crippen MR) is 122 cm³/mol. The van der Waals surface area contributed by atoms with Gasteiger partial charge in [-0.3, -0.25) is 29.8 Å². The minimum absolute atomic E-state index is 0.0376. The van der Waals surface area contributed by atoms with Crippen molar-refractivity contribution >= 4 is 34.9 Å². The van der Waals surface area contributed by atoms with Crippen molar-refractivity contribution in [3.05, 3.63) is 115 Å². The molecule has 0 saturated carbocycles. The van der Waals surface area contributed by atoms with Gasteiger partial charge < -0.3 is 9.47 Å². The third-order valence-corrected chi connectivity index (χ3v) is 4.79. The van der Waals surface area contributed by atoms with Crippen LogP contribution in [0.1, 0.15) is 41.4 Å². The largest absolute Gasteiger partial charge is 0.454 e. The lowest BCUT2D eigenvalue weighted by Gasteiger charge is -2.09. The van der Waals surface area contributed by atoms with Gasteiger partial charge in [0.1, 0.15) is 0 Å². The summed E-state index contributed by atoms with van der Waals surface area (Å²) in [6.45, 7) is -1.48. The van der Waals surface area contributed by atoms with Crippen LogP contribution in [0.3, 0.4) is 0 Å². The van der Waals surface area contributed by atoms with Gasteiger partial charge in [-0.15, -0.1) is 0 Å². The number of carbonyl (C=O) groups is 4. The number of esters is 2. The SMILES string of the molecule is O=C(COC(=O)c1ccccc1C(=O)OCC(=O)c1cccc([N+](=O)[O-])c1)c1cccc([N+](=O)[O-])c1. The molecular formula is C24H16N2O10. The van der Waals surface area contributed by atoms with E-state index in [2.05, 4.69) is 0 Å². The van der Waals surface area contributed by atoms with Gasteiger partial charge in [0.2, 0.25) is 11.6 Å². The smallest absolute Gasteiger partial charge is 0.339 e. The number of Topliss-reactive ketones (excluding diaryl/α,β-unsaturated/α-hetero) is 2. The minimum atomic E-state index is -1.04. The number of carbonyl (C=O) groups excluding carboxylic acids is 4. The molecule has 0 amide bonds. The predicted octanol–water partition coefficient (Wildman–Crippen LogP) is 3.58. The molecule has 0 aliphatic heterocycles. The molecule has 182 valence electrons. The minimum Gasteiger partial charge on any atom is -0.454 e. The summed E-state index contributed by atoms with van der Waals surface area (Å²) in [6.07, 6.45) is 0. The number of nitro benzene ring substituents is 2. The van der Waals surface area contributed by atoms with E-state index in [1.165, 1.54) is 60.7 Å². The van der Waals surface area contributed by atoms with Crippen molar-refractivity contribution in [2.45, 2.75) is 0 Å². The summed E-state index contributed by atoms with van der Waals surface area (Å²) in [7, 11) is 0. The number of ketones is 2. The van der Waals surface area contributed by atoms with Crippen molar-refractivity contribution in [3.8, 4) is 0 Å². The first-order valence-corrected chi connectivity index (χ1v) is 10.2. The Balaban J connectivity index is 1.65. The van der Waals surface area contributed by atoms with Crippen molar-refractivity contribution in [1.82, 2.24) is 0 Å². The Morgan fingerprint density at radius 3 is 1.36 bits per heavy atom. The van der Waals surface area contributed by atoms with Gasteiger partial charge in [0.15, 0.2) is 13.2 Å². The van der Waals surface area contributed by atoms with E-state index in [4.69, 9.17) is 9.47 Å². The van der Waals surface area contributed by atoms with E-state index in [9.17, 15) is 39.4 Å². The molecule has 12 nitrogen and oxygen atoms in total. The van der Waals surface area contributed by atoms with Gasteiger partial charge in [-0.2, -0.15) is 0 Å². The Hall–Kier alpha value is -5.26. The highest BCUT2D eigenvalue weighted by atomic mass is 16.6. The number of rotatable bonds is 10. The number of hydrogen-bond acceptors (Lipinski definition) is 10. The quantitative estimate of drug-likeness (QED) is 0.176. The molecule has 0 unspecified atom stereocenters. The van der Waals surface area contributed by atoms with E-state index in [-0.39, 0.29) is 33.6 Å². The Morgan fingerprint density at radius 1 is 0.611 bits per heavy atom. The Labute approximate surface area is 202 Å². The van der Waals surface area contributed by atoms with E-state index in [0.29, 0.717) is 0 Å². The number of hydrogen-bond donors (Lipinski definition) is 0. The second-order valence-electron chi connectivity index (χ2n) is 7.16. The molecule has 3 aromatic carbocycles. The number of nitro groups is 2. The van der Waals surface area contributed by atoms with Crippen LogP contribution in [0, 0.1) is 20.2 Å². The van der Waals surface area contributed by atoms with E-state index in [0.717, 1.165) is 12.1 Å². The third-order valence-electron chi connectivity index (χ3n) is 4.79. The van der Waals surface area contributed by atoms with Crippen LogP contribution in [0.4, 0.5) is 11.4 Å². The van der Waals surface area contributed by atoms with Crippen molar-refractivity contribution in [3.63, 3.8) is 0 Å². The molecule has 3 rings (SSSR count). The fraction of sp³-hybridized carbons (Fsp3) is 0.0833. The zero-order chi connectivity index (χ0) is 26.2. The van der Waals surface area contributed by atoms with Crippen molar-refractivity contribution in [2.75, 3.05) is 13.2 Å². The molecule has 0 bridgehead atoms. The molecule has 0 spiro atoms. The second-order valence-corrected chi connectivity index (χ2v) is 7.16. The fourth-order valence-electron chi connectivity index (χ4n) is 3.01. The van der Waals surface area contributed by atoms with Gasteiger partial charge in [0.05, 0.1) is 21.0 Å². The van der Waals surface area contributed by atoms with Gasteiger partial charge >= 0.3 is 11.9 Å². The Morgan fingerprint density at radius 2 is 1.00 bits per heavy atom. The highest BCUT2D eigenvalue weighted by Gasteiger charge is 2.22. The molecule has 12 heteroatoms. The lowest BCUT2D eigenvalue weighted by atomic mass is 10.1. The molecule has 0 radical (unpaired) electrons. The molecule has 0 aliphatic carbocycles. The molecule has 0 fully saturated rings. The normalized spacial score (nSPS) is 10.2. The highest BCUT2D eigenvalue weighted by molar-refractivity contribution is 6.06. The molecule has 36 heavy (non-hydrogen) atoms. The first-order chi connectivity index (χ1) is 17.2. The molecular weight excluding hydrogens is 476 g/mol. The lowest BCUT2D eigenvalue weighted by molar-refractivity contribution is -0.385. The van der Waals surface area contributed by atoms with E-state index in [1.54, 1.807) is 0 Å². The summed E-state index contributed by atoms with van der Waals surface area (Å²) in [5.74, 6) is -3.47. The van der Waals surface area contributed by atoms with Crippen LogP contribution in [-0.4, -0.2) is 46.6 Å². The van der Waals surface area contributed by atoms with E-state index >= 15 is 0 Å². The molecule has 0 heterocycles. The van der Waals surface area contributed by atoms with Crippen LogP contribution in [-0.2, 0) is 9.47 Å². The van der Waals surface area contributed by atoms with Gasteiger partial charge in [0, 0.05) is 35.4 Å². The summed E-state index contributed by atoms with van der Waals surface area (Å²) >= 11 is 0. The lowest BCUT2D eigenvalue weighted by Crippen LogP contribution is -2.19. The van der Waals surface area contributed by atoms with Crippen molar-refractivity contribution in [1.29, 1.82) is 0 Å². The van der Waals surface area contributed by atoms with Crippen LogP contribution in [0.25, 0.3) is 0 Å². The average Bonchev–Trinajstić information content (AvgIpc) is 2.90. The zero-order valence-corrected chi connectivity index (χ0v) is 18.3. The van der Waals surface area contributed by atoms with Gasteiger partial charge in [-0.1, -0.05) is 36.4 Å². The van der Waals surface area contributed by atoms with Gasteiger partial charge in [0.25, 0.3) is 11.4 Å². The van der Waals surface area contributed by atoms with Gasteiger partial charge in [-0.05, 0) is 12.1 Å². The number of non-ortho nitro benzene ring substituents is 2. The fourth-order valence-corrected chi connectivity index (χ4v) is 3.01. The number of benzene rings is 3. The standard InChI is InChI=1S/C24H16N2O10/c27-21(15-5-3-7-17(11-15)25(31)32)13-35-23(29)19-9-1-2-10-20(19)24(30)36-14-22(28)16-6-4-8-18(12-16)26(33)34/h1-12H,13-14H2. The molecule has 0 aromatic heterocycles. The van der Waals surface area contributed by atoms with Crippen LogP contribution in [0.15, 0.2) is 72.8 Å². The molecule has 0 aliphatic rings. The maximum absolute atomic E-state index is 12.5. The molecule has 3 aromatic rings. The zero-order valence-electron chi connectivity index (χ0n) is 18.3. The summed E-state index contributed by atoms with van der Waals surface area (Å²) in [5, 5.41) is 21.7. The third kappa shape index (κ3) is 6.20.